The van der Waals surface area contributed by atoms with Crippen LogP contribution in [0.1, 0.15) is 57.0 Å². The SMILES string of the molecule is CC(NC1(C)CCCCC1)c1ncc(Br)s1. The van der Waals surface area contributed by atoms with Crippen molar-refractivity contribution in [2.24, 2.45) is 0 Å². The van der Waals surface area contributed by atoms with Gasteiger partial charge < -0.3 is 5.32 Å². The second-order valence-electron chi connectivity index (χ2n) is 4.99. The van der Waals surface area contributed by atoms with Gasteiger partial charge in [-0.1, -0.05) is 19.3 Å². The smallest absolute Gasteiger partial charge is 0.110 e. The van der Waals surface area contributed by atoms with Crippen LogP contribution < -0.4 is 5.32 Å². The van der Waals surface area contributed by atoms with Gasteiger partial charge >= 0.3 is 0 Å². The Balaban J connectivity index is 1.98. The van der Waals surface area contributed by atoms with Crippen molar-refractivity contribution >= 4 is 27.3 Å². The number of halogens is 1. The summed E-state index contributed by atoms with van der Waals surface area (Å²) >= 11 is 5.19. The lowest BCUT2D eigenvalue weighted by molar-refractivity contribution is 0.233. The fourth-order valence-electron chi connectivity index (χ4n) is 2.53. The Labute approximate surface area is 110 Å². The van der Waals surface area contributed by atoms with Gasteiger partial charge in [-0.3, -0.25) is 0 Å². The average Bonchev–Trinajstić information content (AvgIpc) is 2.65. The number of aromatic nitrogens is 1. The zero-order chi connectivity index (χ0) is 11.6. The molecule has 1 heterocycles. The first-order valence-corrected chi connectivity index (χ1v) is 7.59. The number of hydrogen-bond donors (Lipinski definition) is 1. The summed E-state index contributed by atoms with van der Waals surface area (Å²) in [6.07, 6.45) is 8.60. The van der Waals surface area contributed by atoms with Gasteiger partial charge in [0.05, 0.1) is 16.0 Å². The molecule has 0 spiro atoms. The van der Waals surface area contributed by atoms with Crippen LogP contribution in [0.25, 0.3) is 0 Å². The van der Waals surface area contributed by atoms with E-state index in [1.807, 2.05) is 6.20 Å². The standard InChI is InChI=1S/C12H19BrN2S/c1-9(11-14-8-10(13)16-11)15-12(2)6-4-3-5-7-12/h8-9,15H,3-7H2,1-2H3. The second kappa shape index (κ2) is 5.15. The number of thiazole rings is 1. The molecule has 1 atom stereocenters. The molecule has 2 nitrogen and oxygen atoms in total. The summed E-state index contributed by atoms with van der Waals surface area (Å²) in [5, 5.41) is 4.93. The molecule has 1 aromatic heterocycles. The van der Waals surface area contributed by atoms with Crippen LogP contribution in [0, 0.1) is 0 Å². The molecule has 0 saturated heterocycles. The van der Waals surface area contributed by atoms with E-state index in [1.165, 1.54) is 37.1 Å². The lowest BCUT2D eigenvalue weighted by Gasteiger charge is -2.36. The Morgan fingerprint density at radius 1 is 1.44 bits per heavy atom. The second-order valence-corrected chi connectivity index (χ2v) is 7.43. The van der Waals surface area contributed by atoms with E-state index in [1.54, 1.807) is 11.3 Å². The zero-order valence-electron chi connectivity index (χ0n) is 9.92. The lowest BCUT2D eigenvalue weighted by atomic mass is 9.83. The molecule has 1 saturated carbocycles. The molecule has 0 aromatic carbocycles. The van der Waals surface area contributed by atoms with Gasteiger partial charge in [0.15, 0.2) is 0 Å². The monoisotopic (exact) mass is 302 g/mol. The number of nitrogens with zero attached hydrogens (tertiary/aromatic N) is 1. The van der Waals surface area contributed by atoms with Gasteiger partial charge in [0.2, 0.25) is 0 Å². The first-order valence-electron chi connectivity index (χ1n) is 5.98. The van der Waals surface area contributed by atoms with E-state index in [-0.39, 0.29) is 0 Å². The third kappa shape index (κ3) is 3.05. The Kier molecular flexibility index (Phi) is 4.03. The maximum Gasteiger partial charge on any atom is 0.110 e. The van der Waals surface area contributed by atoms with E-state index >= 15 is 0 Å². The first kappa shape index (κ1) is 12.5. The van der Waals surface area contributed by atoms with Crippen LogP contribution in [0.3, 0.4) is 0 Å². The van der Waals surface area contributed by atoms with Gasteiger partial charge in [0, 0.05) is 5.54 Å². The number of rotatable bonds is 3. The predicted octanol–water partition coefficient (Wildman–Crippen LogP) is 4.28. The van der Waals surface area contributed by atoms with Gasteiger partial charge in [-0.05, 0) is 42.6 Å². The minimum absolute atomic E-state index is 0.315. The lowest BCUT2D eigenvalue weighted by Crippen LogP contribution is -2.45. The molecule has 1 aliphatic rings. The van der Waals surface area contributed by atoms with Crippen LogP contribution >= 0.6 is 27.3 Å². The summed E-state index contributed by atoms with van der Waals surface area (Å²) < 4.78 is 1.12. The molecule has 90 valence electrons. The molecule has 1 fully saturated rings. The van der Waals surface area contributed by atoms with Crippen LogP contribution in [0.4, 0.5) is 0 Å². The van der Waals surface area contributed by atoms with Crippen molar-refractivity contribution in [2.45, 2.75) is 57.5 Å². The van der Waals surface area contributed by atoms with Crippen LogP contribution in [-0.2, 0) is 0 Å². The van der Waals surface area contributed by atoms with Crippen LogP contribution in [0.15, 0.2) is 9.98 Å². The normalized spacial score (nSPS) is 21.9. The van der Waals surface area contributed by atoms with E-state index in [0.29, 0.717) is 11.6 Å². The van der Waals surface area contributed by atoms with E-state index in [4.69, 9.17) is 0 Å². The van der Waals surface area contributed by atoms with Crippen molar-refractivity contribution in [3.63, 3.8) is 0 Å². The van der Waals surface area contributed by atoms with Crippen LogP contribution in [0.5, 0.6) is 0 Å². The molecule has 0 amide bonds. The largest absolute Gasteiger partial charge is 0.303 e. The Morgan fingerprint density at radius 3 is 2.69 bits per heavy atom. The zero-order valence-corrected chi connectivity index (χ0v) is 12.3. The molecular formula is C12H19BrN2S. The summed E-state index contributed by atoms with van der Waals surface area (Å²) in [6, 6.07) is 0.361. The molecular weight excluding hydrogens is 284 g/mol. The average molecular weight is 303 g/mol. The minimum Gasteiger partial charge on any atom is -0.303 e. The van der Waals surface area contributed by atoms with Crippen LogP contribution in [-0.4, -0.2) is 10.5 Å². The molecule has 1 aliphatic carbocycles. The third-order valence-electron chi connectivity index (χ3n) is 3.39. The molecule has 16 heavy (non-hydrogen) atoms. The summed E-state index contributed by atoms with van der Waals surface area (Å²) in [5.74, 6) is 0. The van der Waals surface area contributed by atoms with Crippen molar-refractivity contribution in [3.05, 3.63) is 15.0 Å². The Hall–Kier alpha value is 0.0700. The van der Waals surface area contributed by atoms with Gasteiger partial charge in [0.1, 0.15) is 5.01 Å². The van der Waals surface area contributed by atoms with Crippen molar-refractivity contribution < 1.29 is 0 Å². The van der Waals surface area contributed by atoms with E-state index in [9.17, 15) is 0 Å². The topological polar surface area (TPSA) is 24.9 Å². The van der Waals surface area contributed by atoms with Gasteiger partial charge in [0.25, 0.3) is 0 Å². The Bertz CT molecular complexity index is 345. The highest BCUT2D eigenvalue weighted by Gasteiger charge is 2.28. The summed E-state index contributed by atoms with van der Waals surface area (Å²) in [6.45, 7) is 4.57. The van der Waals surface area contributed by atoms with E-state index in [2.05, 4.69) is 40.1 Å². The highest BCUT2D eigenvalue weighted by molar-refractivity contribution is 9.11. The maximum absolute atomic E-state index is 4.42. The first-order chi connectivity index (χ1) is 7.59. The fourth-order valence-corrected chi connectivity index (χ4v) is 3.77. The fraction of sp³-hybridized carbons (Fsp3) is 0.750. The van der Waals surface area contributed by atoms with Crippen molar-refractivity contribution in [1.82, 2.24) is 10.3 Å². The maximum atomic E-state index is 4.42. The van der Waals surface area contributed by atoms with Crippen molar-refractivity contribution in [2.75, 3.05) is 0 Å². The number of nitrogens with one attached hydrogen (secondary N) is 1. The van der Waals surface area contributed by atoms with Crippen LogP contribution in [0.2, 0.25) is 0 Å². The van der Waals surface area contributed by atoms with Gasteiger partial charge in [-0.25, -0.2) is 4.98 Å². The molecule has 0 bridgehead atoms. The van der Waals surface area contributed by atoms with E-state index < -0.39 is 0 Å². The molecule has 2 rings (SSSR count). The predicted molar refractivity (Wildman–Crippen MR) is 72.9 cm³/mol. The quantitative estimate of drug-likeness (QED) is 0.901. The van der Waals surface area contributed by atoms with Crippen molar-refractivity contribution in [3.8, 4) is 0 Å². The molecule has 0 radical (unpaired) electrons. The third-order valence-corrected chi connectivity index (χ3v) is 5.05. The summed E-state index contributed by atoms with van der Waals surface area (Å²) in [4.78, 5) is 4.42. The summed E-state index contributed by atoms with van der Waals surface area (Å²) in [7, 11) is 0. The molecule has 1 unspecified atom stereocenters. The molecule has 1 aromatic rings. The Morgan fingerprint density at radius 2 is 2.12 bits per heavy atom. The summed E-state index contributed by atoms with van der Waals surface area (Å²) in [5.41, 5.74) is 0.315. The highest BCUT2D eigenvalue weighted by Crippen LogP contribution is 2.31. The van der Waals surface area contributed by atoms with Gasteiger partial charge in [-0.2, -0.15) is 0 Å². The van der Waals surface area contributed by atoms with Gasteiger partial charge in [-0.15, -0.1) is 11.3 Å². The number of hydrogen-bond acceptors (Lipinski definition) is 3. The molecule has 1 N–H and O–H groups in total. The van der Waals surface area contributed by atoms with Crippen molar-refractivity contribution in [1.29, 1.82) is 0 Å². The molecule has 4 heteroatoms. The molecule has 0 aliphatic heterocycles. The van der Waals surface area contributed by atoms with E-state index in [0.717, 1.165) is 3.79 Å². The minimum atomic E-state index is 0.315. The highest BCUT2D eigenvalue weighted by atomic mass is 79.9.